The van der Waals surface area contributed by atoms with Gasteiger partial charge in [0.1, 0.15) is 17.1 Å². The Hall–Kier alpha value is -1.66. The lowest BCUT2D eigenvalue weighted by Crippen LogP contribution is -2.50. The molecule has 1 saturated heterocycles. The molecule has 5 nitrogen and oxygen atoms in total. The molecule has 1 aliphatic rings. The topological polar surface area (TPSA) is 86.8 Å². The fourth-order valence-electron chi connectivity index (χ4n) is 2.44. The Balaban J connectivity index is 2.17. The predicted octanol–water partition coefficient (Wildman–Crippen LogP) is 1.08. The van der Waals surface area contributed by atoms with Gasteiger partial charge in [-0.05, 0) is 19.4 Å². The number of benzene rings is 1. The van der Waals surface area contributed by atoms with Crippen LogP contribution in [0.3, 0.4) is 0 Å². The molecule has 6 heteroatoms. The molecule has 0 radical (unpaired) electrons. The number of carbonyl (C=O) groups is 1. The molecular formula is C13H17FN2O3. The highest BCUT2D eigenvalue weighted by atomic mass is 19.1. The summed E-state index contributed by atoms with van der Waals surface area (Å²) in [6, 6.07) is 3.61. The Morgan fingerprint density at radius 3 is 2.79 bits per heavy atom. The van der Waals surface area contributed by atoms with Crippen molar-refractivity contribution in [3.8, 4) is 5.75 Å². The third-order valence-corrected chi connectivity index (χ3v) is 3.75. The van der Waals surface area contributed by atoms with E-state index in [2.05, 4.69) is 0 Å². The van der Waals surface area contributed by atoms with E-state index in [4.69, 9.17) is 10.8 Å². The van der Waals surface area contributed by atoms with Gasteiger partial charge in [-0.2, -0.15) is 0 Å². The summed E-state index contributed by atoms with van der Waals surface area (Å²) >= 11 is 0. The molecule has 1 aromatic carbocycles. The van der Waals surface area contributed by atoms with Crippen LogP contribution in [0.25, 0.3) is 0 Å². The van der Waals surface area contributed by atoms with Crippen LogP contribution in [0.4, 0.5) is 4.39 Å². The number of nitrogens with two attached hydrogens (primary N) is 1. The molecule has 0 saturated carbocycles. The largest absolute Gasteiger partial charge is 0.508 e. The monoisotopic (exact) mass is 268 g/mol. The molecule has 0 aromatic heterocycles. The van der Waals surface area contributed by atoms with E-state index < -0.39 is 17.3 Å². The molecule has 2 unspecified atom stereocenters. The molecule has 0 aliphatic carbocycles. The summed E-state index contributed by atoms with van der Waals surface area (Å²) in [6.07, 6.45) is 0.356. The van der Waals surface area contributed by atoms with Crippen molar-refractivity contribution in [3.63, 3.8) is 0 Å². The molecule has 0 amide bonds. The standard InChI is InChI=1S/C13H17FN2O3/c1-8(10-3-2-9(14)6-11(10)17)16-5-4-13(15,7-16)12(18)19/h2-3,6,8,17H,4-5,7,15H2,1H3,(H,18,19). The van der Waals surface area contributed by atoms with Crippen LogP contribution in [0.2, 0.25) is 0 Å². The molecule has 1 heterocycles. The first-order valence-corrected chi connectivity index (χ1v) is 6.08. The van der Waals surface area contributed by atoms with Gasteiger partial charge in [-0.3, -0.25) is 9.69 Å². The number of rotatable bonds is 3. The Bertz CT molecular complexity index is 509. The molecule has 1 aromatic rings. The second-order valence-electron chi connectivity index (χ2n) is 5.06. The summed E-state index contributed by atoms with van der Waals surface area (Å²) in [7, 11) is 0. The van der Waals surface area contributed by atoms with Gasteiger partial charge in [-0.1, -0.05) is 6.07 Å². The van der Waals surface area contributed by atoms with Gasteiger partial charge in [-0.25, -0.2) is 4.39 Å². The molecule has 2 rings (SSSR count). The smallest absolute Gasteiger partial charge is 0.325 e. The van der Waals surface area contributed by atoms with Gasteiger partial charge in [0.15, 0.2) is 0 Å². The summed E-state index contributed by atoms with van der Waals surface area (Å²) in [5.74, 6) is -1.66. The van der Waals surface area contributed by atoms with E-state index in [1.807, 2.05) is 11.8 Å². The average Bonchev–Trinajstić information content (AvgIpc) is 2.73. The predicted molar refractivity (Wildman–Crippen MR) is 67.2 cm³/mol. The molecule has 2 atom stereocenters. The second-order valence-corrected chi connectivity index (χ2v) is 5.06. The minimum atomic E-state index is -1.25. The zero-order valence-electron chi connectivity index (χ0n) is 10.6. The first-order valence-electron chi connectivity index (χ1n) is 6.08. The number of carboxylic acids is 1. The van der Waals surface area contributed by atoms with E-state index in [1.165, 1.54) is 12.1 Å². The highest BCUT2D eigenvalue weighted by Crippen LogP contribution is 2.33. The van der Waals surface area contributed by atoms with Gasteiger partial charge in [0, 0.05) is 30.8 Å². The Kier molecular flexibility index (Phi) is 3.47. The van der Waals surface area contributed by atoms with Crippen LogP contribution >= 0.6 is 0 Å². The number of nitrogens with zero attached hydrogens (tertiary/aromatic N) is 1. The molecule has 1 aliphatic heterocycles. The number of phenolic OH excluding ortho intramolecular Hbond substituents is 1. The summed E-state index contributed by atoms with van der Waals surface area (Å²) < 4.78 is 12.9. The van der Waals surface area contributed by atoms with Crippen LogP contribution in [0.1, 0.15) is 24.9 Å². The van der Waals surface area contributed by atoms with E-state index in [0.717, 1.165) is 6.07 Å². The summed E-state index contributed by atoms with van der Waals surface area (Å²) in [4.78, 5) is 13.0. The number of carboxylic acid groups (broad SMARTS) is 1. The number of likely N-dealkylation sites (tertiary alicyclic amines) is 1. The molecular weight excluding hydrogens is 251 g/mol. The van der Waals surface area contributed by atoms with E-state index in [9.17, 15) is 14.3 Å². The van der Waals surface area contributed by atoms with Crippen molar-refractivity contribution in [2.24, 2.45) is 5.73 Å². The third kappa shape index (κ3) is 2.54. The van der Waals surface area contributed by atoms with Gasteiger partial charge >= 0.3 is 5.97 Å². The van der Waals surface area contributed by atoms with Crippen LogP contribution in [0.5, 0.6) is 5.75 Å². The number of aromatic hydroxyl groups is 1. The first kappa shape index (κ1) is 13.8. The maximum atomic E-state index is 12.9. The number of hydrogen-bond donors (Lipinski definition) is 3. The quantitative estimate of drug-likeness (QED) is 0.763. The average molecular weight is 268 g/mol. The van der Waals surface area contributed by atoms with Crippen molar-refractivity contribution in [1.29, 1.82) is 0 Å². The summed E-state index contributed by atoms with van der Waals surface area (Å²) in [6.45, 7) is 2.57. The van der Waals surface area contributed by atoms with Crippen molar-refractivity contribution >= 4 is 5.97 Å². The van der Waals surface area contributed by atoms with Gasteiger partial charge in [0.05, 0.1) is 0 Å². The number of hydrogen-bond acceptors (Lipinski definition) is 4. The second kappa shape index (κ2) is 4.79. The lowest BCUT2D eigenvalue weighted by Gasteiger charge is -2.26. The molecule has 104 valence electrons. The Morgan fingerprint density at radius 2 is 2.26 bits per heavy atom. The Morgan fingerprint density at radius 1 is 1.58 bits per heavy atom. The maximum absolute atomic E-state index is 12.9. The minimum absolute atomic E-state index is 0.127. The lowest BCUT2D eigenvalue weighted by atomic mass is 10.0. The first-order chi connectivity index (χ1) is 8.83. The lowest BCUT2D eigenvalue weighted by molar-refractivity contribution is -0.142. The van der Waals surface area contributed by atoms with Crippen LogP contribution in [-0.2, 0) is 4.79 Å². The van der Waals surface area contributed by atoms with Crippen LogP contribution in [-0.4, -0.2) is 39.7 Å². The molecule has 19 heavy (non-hydrogen) atoms. The van der Waals surface area contributed by atoms with Gasteiger partial charge in [0.2, 0.25) is 0 Å². The van der Waals surface area contributed by atoms with E-state index >= 15 is 0 Å². The summed E-state index contributed by atoms with van der Waals surface area (Å²) in [5.41, 5.74) is 5.13. The summed E-state index contributed by atoms with van der Waals surface area (Å²) in [5, 5.41) is 18.8. The third-order valence-electron chi connectivity index (χ3n) is 3.75. The van der Waals surface area contributed by atoms with Crippen LogP contribution < -0.4 is 5.73 Å². The highest BCUT2D eigenvalue weighted by molar-refractivity contribution is 5.79. The SMILES string of the molecule is CC(c1ccc(F)cc1O)N1CCC(N)(C(=O)O)C1. The van der Waals surface area contributed by atoms with Crippen molar-refractivity contribution in [3.05, 3.63) is 29.6 Å². The van der Waals surface area contributed by atoms with Crippen molar-refractivity contribution in [2.75, 3.05) is 13.1 Å². The van der Waals surface area contributed by atoms with Crippen molar-refractivity contribution in [1.82, 2.24) is 4.90 Å². The van der Waals surface area contributed by atoms with Gasteiger partial charge in [-0.15, -0.1) is 0 Å². The fourth-order valence-corrected chi connectivity index (χ4v) is 2.44. The van der Waals surface area contributed by atoms with Gasteiger partial charge in [0.25, 0.3) is 0 Å². The zero-order valence-corrected chi connectivity index (χ0v) is 10.6. The molecule has 4 N–H and O–H groups in total. The fraction of sp³-hybridized carbons (Fsp3) is 0.462. The van der Waals surface area contributed by atoms with Crippen LogP contribution in [0.15, 0.2) is 18.2 Å². The molecule has 0 spiro atoms. The number of halogens is 1. The number of aliphatic carboxylic acids is 1. The van der Waals surface area contributed by atoms with Gasteiger partial charge < -0.3 is 15.9 Å². The number of phenols is 1. The maximum Gasteiger partial charge on any atom is 0.325 e. The highest BCUT2D eigenvalue weighted by Gasteiger charge is 2.42. The Labute approximate surface area is 110 Å². The van der Waals surface area contributed by atoms with E-state index in [-0.39, 0.29) is 18.3 Å². The van der Waals surface area contributed by atoms with E-state index in [0.29, 0.717) is 18.5 Å². The minimum Gasteiger partial charge on any atom is -0.508 e. The molecule has 0 bridgehead atoms. The van der Waals surface area contributed by atoms with Crippen molar-refractivity contribution in [2.45, 2.75) is 24.9 Å². The van der Waals surface area contributed by atoms with Crippen molar-refractivity contribution < 1.29 is 19.4 Å². The van der Waals surface area contributed by atoms with E-state index in [1.54, 1.807) is 0 Å². The normalized spacial score (nSPS) is 25.4. The van der Waals surface area contributed by atoms with Crippen LogP contribution in [0, 0.1) is 5.82 Å². The zero-order chi connectivity index (χ0) is 14.2. The molecule has 1 fully saturated rings.